The summed E-state index contributed by atoms with van der Waals surface area (Å²) >= 11 is 0. The Bertz CT molecular complexity index is 426. The van der Waals surface area contributed by atoms with Gasteiger partial charge in [-0.2, -0.15) is 0 Å². The van der Waals surface area contributed by atoms with Gasteiger partial charge in [-0.25, -0.2) is 5.43 Å². The third kappa shape index (κ3) is 1.84. The molecule has 0 bridgehead atoms. The van der Waals surface area contributed by atoms with Crippen molar-refractivity contribution in [2.45, 2.75) is 32.2 Å². The van der Waals surface area contributed by atoms with E-state index in [1.807, 2.05) is 0 Å². The first-order chi connectivity index (χ1) is 8.25. The molecule has 1 amide bonds. The average Bonchev–Trinajstić information content (AvgIpc) is 2.81. The first-order valence-electron chi connectivity index (χ1n) is 6.37. The van der Waals surface area contributed by atoms with Crippen LogP contribution in [0.5, 0.6) is 0 Å². The number of amides is 1. The molecule has 3 atom stereocenters. The highest BCUT2D eigenvalue weighted by atomic mass is 16.2. The van der Waals surface area contributed by atoms with Gasteiger partial charge in [0.15, 0.2) is 0 Å². The average molecular weight is 230 g/mol. The Hall–Kier alpha value is -1.35. The van der Waals surface area contributed by atoms with Crippen molar-refractivity contribution in [1.82, 2.24) is 10.9 Å². The maximum atomic E-state index is 11.7. The minimum atomic E-state index is 0.177. The lowest BCUT2D eigenvalue weighted by Crippen LogP contribution is -2.52. The zero-order chi connectivity index (χ0) is 11.8. The van der Waals surface area contributed by atoms with E-state index in [-0.39, 0.29) is 17.9 Å². The van der Waals surface area contributed by atoms with Gasteiger partial charge in [0.2, 0.25) is 5.91 Å². The van der Waals surface area contributed by atoms with E-state index in [4.69, 9.17) is 0 Å². The smallest absolute Gasteiger partial charge is 0.237 e. The van der Waals surface area contributed by atoms with Gasteiger partial charge >= 0.3 is 0 Å². The summed E-state index contributed by atoms with van der Waals surface area (Å²) in [5.41, 5.74) is 8.56. The molecule has 2 fully saturated rings. The van der Waals surface area contributed by atoms with E-state index >= 15 is 0 Å². The standard InChI is InChI=1S/C14H18N2O/c1-9-5-7-10(8-6-9)13-11-3-2-4-12(11)14(17)16-15-13/h5-8,11-13,15H,2-4H2,1H3,(H,16,17)/t11-,12+,13-/m0/s1. The third-order valence-corrected chi connectivity index (χ3v) is 4.12. The Kier molecular flexibility index (Phi) is 2.63. The molecule has 0 spiro atoms. The quantitative estimate of drug-likeness (QED) is 0.775. The lowest BCUT2D eigenvalue weighted by Gasteiger charge is -2.34. The van der Waals surface area contributed by atoms with Crippen LogP contribution in [0.25, 0.3) is 0 Å². The highest BCUT2D eigenvalue weighted by molar-refractivity contribution is 5.79. The molecular weight excluding hydrogens is 212 g/mol. The fourth-order valence-corrected chi connectivity index (χ4v) is 3.17. The Morgan fingerprint density at radius 3 is 2.71 bits per heavy atom. The van der Waals surface area contributed by atoms with Crippen LogP contribution < -0.4 is 10.9 Å². The summed E-state index contributed by atoms with van der Waals surface area (Å²) < 4.78 is 0. The lowest BCUT2D eigenvalue weighted by atomic mass is 9.83. The van der Waals surface area contributed by atoms with Crippen LogP contribution in [-0.2, 0) is 4.79 Å². The molecule has 1 heterocycles. The molecule has 1 saturated carbocycles. The Labute approximate surface area is 102 Å². The first-order valence-corrected chi connectivity index (χ1v) is 6.37. The van der Waals surface area contributed by atoms with Gasteiger partial charge in [-0.1, -0.05) is 36.2 Å². The highest BCUT2D eigenvalue weighted by Crippen LogP contribution is 2.42. The Morgan fingerprint density at radius 2 is 1.94 bits per heavy atom. The predicted molar refractivity (Wildman–Crippen MR) is 66.0 cm³/mol. The molecule has 1 aliphatic heterocycles. The van der Waals surface area contributed by atoms with E-state index in [0.29, 0.717) is 5.92 Å². The zero-order valence-corrected chi connectivity index (χ0v) is 10.1. The Balaban J connectivity index is 1.88. The van der Waals surface area contributed by atoms with Crippen molar-refractivity contribution in [3.63, 3.8) is 0 Å². The molecular formula is C14H18N2O. The van der Waals surface area contributed by atoms with Gasteiger partial charge in [-0.15, -0.1) is 0 Å². The fraction of sp³-hybridized carbons (Fsp3) is 0.500. The van der Waals surface area contributed by atoms with Gasteiger partial charge in [-0.3, -0.25) is 10.2 Å². The van der Waals surface area contributed by atoms with E-state index in [1.54, 1.807) is 0 Å². The lowest BCUT2D eigenvalue weighted by molar-refractivity contribution is -0.130. The highest BCUT2D eigenvalue weighted by Gasteiger charge is 2.42. The van der Waals surface area contributed by atoms with E-state index < -0.39 is 0 Å². The van der Waals surface area contributed by atoms with Crippen molar-refractivity contribution in [3.8, 4) is 0 Å². The maximum absolute atomic E-state index is 11.7. The minimum Gasteiger partial charge on any atom is -0.291 e. The minimum absolute atomic E-state index is 0.177. The van der Waals surface area contributed by atoms with Gasteiger partial charge < -0.3 is 0 Å². The largest absolute Gasteiger partial charge is 0.291 e. The second kappa shape index (κ2) is 4.15. The number of benzene rings is 1. The van der Waals surface area contributed by atoms with E-state index in [1.165, 1.54) is 17.5 Å². The molecule has 17 heavy (non-hydrogen) atoms. The van der Waals surface area contributed by atoms with Crippen molar-refractivity contribution in [2.75, 3.05) is 0 Å². The van der Waals surface area contributed by atoms with Crippen molar-refractivity contribution in [3.05, 3.63) is 35.4 Å². The van der Waals surface area contributed by atoms with Crippen LogP contribution in [0.1, 0.15) is 36.4 Å². The van der Waals surface area contributed by atoms with Gasteiger partial charge in [0.1, 0.15) is 0 Å². The number of hydrogen-bond acceptors (Lipinski definition) is 2. The van der Waals surface area contributed by atoms with E-state index in [2.05, 4.69) is 42.0 Å². The summed E-state index contributed by atoms with van der Waals surface area (Å²) in [6.07, 6.45) is 3.37. The van der Waals surface area contributed by atoms with Gasteiger partial charge in [-0.05, 0) is 31.2 Å². The number of fused-ring (bicyclic) bond motifs is 1. The van der Waals surface area contributed by atoms with Crippen molar-refractivity contribution < 1.29 is 4.79 Å². The number of hydrogen-bond donors (Lipinski definition) is 2. The number of hydrazine groups is 1. The maximum Gasteiger partial charge on any atom is 0.237 e. The molecule has 1 aromatic carbocycles. The first kappa shape index (κ1) is 10.8. The van der Waals surface area contributed by atoms with Crippen LogP contribution in [0.3, 0.4) is 0 Å². The SMILES string of the molecule is Cc1ccc([C@@H]2NNC(=O)[C@@H]3CCC[C@@H]32)cc1. The normalized spacial score (nSPS) is 32.1. The summed E-state index contributed by atoms with van der Waals surface area (Å²) in [5, 5.41) is 0. The van der Waals surface area contributed by atoms with Crippen LogP contribution in [0.15, 0.2) is 24.3 Å². The second-order valence-electron chi connectivity index (χ2n) is 5.22. The molecule has 90 valence electrons. The van der Waals surface area contributed by atoms with Crippen molar-refractivity contribution in [2.24, 2.45) is 11.8 Å². The number of carbonyl (C=O) groups is 1. The van der Waals surface area contributed by atoms with Crippen LogP contribution >= 0.6 is 0 Å². The summed E-state index contributed by atoms with van der Waals surface area (Å²) in [6, 6.07) is 8.88. The topological polar surface area (TPSA) is 41.1 Å². The molecule has 3 heteroatoms. The number of rotatable bonds is 1. The molecule has 0 unspecified atom stereocenters. The molecule has 1 saturated heterocycles. The fourth-order valence-electron chi connectivity index (χ4n) is 3.17. The number of aryl methyl sites for hydroxylation is 1. The zero-order valence-electron chi connectivity index (χ0n) is 10.1. The molecule has 0 radical (unpaired) electrons. The molecule has 2 aliphatic rings. The van der Waals surface area contributed by atoms with E-state index in [9.17, 15) is 4.79 Å². The number of nitrogens with one attached hydrogen (secondary N) is 2. The molecule has 3 nitrogen and oxygen atoms in total. The molecule has 3 rings (SSSR count). The van der Waals surface area contributed by atoms with E-state index in [0.717, 1.165) is 12.8 Å². The van der Waals surface area contributed by atoms with Crippen molar-refractivity contribution in [1.29, 1.82) is 0 Å². The monoisotopic (exact) mass is 230 g/mol. The summed E-state index contributed by atoms with van der Waals surface area (Å²) in [6.45, 7) is 2.10. The van der Waals surface area contributed by atoms with Crippen LogP contribution in [0.2, 0.25) is 0 Å². The summed E-state index contributed by atoms with van der Waals surface area (Å²) in [4.78, 5) is 11.7. The van der Waals surface area contributed by atoms with Gasteiger partial charge in [0, 0.05) is 5.92 Å². The van der Waals surface area contributed by atoms with Crippen LogP contribution in [-0.4, -0.2) is 5.91 Å². The second-order valence-corrected chi connectivity index (χ2v) is 5.22. The third-order valence-electron chi connectivity index (χ3n) is 4.12. The van der Waals surface area contributed by atoms with Gasteiger partial charge in [0.05, 0.1) is 6.04 Å². The molecule has 1 aliphatic carbocycles. The number of carbonyl (C=O) groups excluding carboxylic acids is 1. The van der Waals surface area contributed by atoms with Crippen LogP contribution in [0.4, 0.5) is 0 Å². The molecule has 1 aromatic rings. The predicted octanol–water partition coefficient (Wildman–Crippen LogP) is 2.09. The van der Waals surface area contributed by atoms with Crippen LogP contribution in [0, 0.1) is 18.8 Å². The molecule has 2 N–H and O–H groups in total. The van der Waals surface area contributed by atoms with Gasteiger partial charge in [0.25, 0.3) is 0 Å². The van der Waals surface area contributed by atoms with Crippen molar-refractivity contribution >= 4 is 5.91 Å². The molecule has 0 aromatic heterocycles. The Morgan fingerprint density at radius 1 is 1.18 bits per heavy atom. The summed E-state index contributed by atoms with van der Waals surface area (Å²) in [7, 11) is 0. The summed E-state index contributed by atoms with van der Waals surface area (Å²) in [5.74, 6) is 0.852.